The van der Waals surface area contributed by atoms with Gasteiger partial charge in [-0.15, -0.1) is 0 Å². The lowest BCUT2D eigenvalue weighted by Crippen LogP contribution is -1.88. The Bertz CT molecular complexity index is 437. The van der Waals surface area contributed by atoms with E-state index in [4.69, 9.17) is 4.55 Å². The van der Waals surface area contributed by atoms with Crippen molar-refractivity contribution in [3.05, 3.63) is 29.2 Å². The number of hydrogen-bond donors (Lipinski definition) is 1. The van der Waals surface area contributed by atoms with E-state index in [2.05, 4.69) is 0 Å². The van der Waals surface area contributed by atoms with Crippen molar-refractivity contribution < 1.29 is 13.0 Å². The summed E-state index contributed by atoms with van der Waals surface area (Å²) in [5, 5.41) is 0.779. The monoisotopic (exact) mass is 182 g/mol. The van der Waals surface area contributed by atoms with Crippen LogP contribution in [0.4, 0.5) is 0 Å². The zero-order valence-corrected chi connectivity index (χ0v) is 6.88. The molecule has 0 aromatic carbocycles. The summed E-state index contributed by atoms with van der Waals surface area (Å²) in [7, 11) is -3.98. The molecule has 0 unspecified atom stereocenters. The Labute approximate surface area is 70.1 Å². The molecule has 0 fully saturated rings. The molecule has 1 N–H and O–H groups in total. The summed E-state index contributed by atoms with van der Waals surface area (Å²) in [6.07, 6.45) is 1.37. The Morgan fingerprint density at radius 3 is 2.25 bits per heavy atom. The fraction of sp³-hybridized carbons (Fsp3) is 0. The van der Waals surface area contributed by atoms with Gasteiger partial charge in [0.15, 0.2) is 0 Å². The maximum Gasteiger partial charge on any atom is 0.287 e. The second kappa shape index (κ2) is 2.18. The van der Waals surface area contributed by atoms with Crippen LogP contribution in [0.1, 0.15) is 5.56 Å². The van der Waals surface area contributed by atoms with E-state index in [-0.39, 0.29) is 0 Å². The fourth-order valence-electron chi connectivity index (χ4n) is 1.04. The lowest BCUT2D eigenvalue weighted by Gasteiger charge is -1.83. The number of hydrogen-bond acceptors (Lipinski definition) is 2. The summed E-state index contributed by atoms with van der Waals surface area (Å²) >= 11 is 0. The second-order valence-corrected chi connectivity index (χ2v) is 3.96. The maximum absolute atomic E-state index is 10.3. The lowest BCUT2D eigenvalue weighted by molar-refractivity contribution is 0.494. The fourth-order valence-corrected chi connectivity index (χ4v) is 1.37. The quantitative estimate of drug-likeness (QED) is 0.716. The Morgan fingerprint density at radius 2 is 1.75 bits per heavy atom. The molecule has 12 heavy (non-hydrogen) atoms. The van der Waals surface area contributed by atoms with E-state index in [1.54, 1.807) is 0 Å². The van der Waals surface area contributed by atoms with Crippen molar-refractivity contribution in [2.75, 3.05) is 0 Å². The van der Waals surface area contributed by atoms with Crippen molar-refractivity contribution in [2.24, 2.45) is 0 Å². The van der Waals surface area contributed by atoms with Gasteiger partial charge in [-0.1, -0.05) is 0 Å². The molecule has 0 bridgehead atoms. The Balaban J connectivity index is 2.23. The third-order valence-electron chi connectivity index (χ3n) is 1.64. The molecule has 62 valence electrons. The first-order valence-corrected chi connectivity index (χ1v) is 4.86. The second-order valence-electron chi connectivity index (χ2n) is 2.66. The van der Waals surface area contributed by atoms with Crippen LogP contribution >= 0.6 is 0 Å². The summed E-state index contributed by atoms with van der Waals surface area (Å²) in [5.41, 5.74) is 3.09. The van der Waals surface area contributed by atoms with Crippen LogP contribution in [0.3, 0.4) is 0 Å². The van der Waals surface area contributed by atoms with Gasteiger partial charge in [-0.2, -0.15) is 8.42 Å². The Morgan fingerprint density at radius 1 is 1.17 bits per heavy atom. The molecule has 0 saturated heterocycles. The molecular formula is C8H6O3S. The molecular weight excluding hydrogens is 176 g/mol. The average Bonchev–Trinajstić information content (AvgIpc) is 2.54. The van der Waals surface area contributed by atoms with Crippen molar-refractivity contribution in [3.8, 4) is 11.1 Å². The van der Waals surface area contributed by atoms with E-state index < -0.39 is 10.1 Å². The molecule has 2 aliphatic rings. The first kappa shape index (κ1) is 7.52. The molecule has 0 aromatic rings. The molecule has 3 nitrogen and oxygen atoms in total. The SMILES string of the molecule is O=S(=O)(O)C=Cc1cc2cc-2c1. The normalized spacial score (nSPS) is 13.8. The highest BCUT2D eigenvalue weighted by atomic mass is 32.2. The molecule has 0 aromatic heterocycles. The van der Waals surface area contributed by atoms with Crippen LogP contribution in [0.25, 0.3) is 17.2 Å². The molecule has 0 heterocycles. The van der Waals surface area contributed by atoms with Gasteiger partial charge in [0.1, 0.15) is 0 Å². The standard InChI is InChI=1S/C8H6O3S/c9-12(10,11)2-1-6-3-7-5-8(7)4-6/h1-5H,(H,9,10,11). The molecule has 0 aliphatic heterocycles. The molecule has 2 aliphatic carbocycles. The molecule has 4 heteroatoms. The minimum atomic E-state index is -3.98. The maximum atomic E-state index is 10.3. The third kappa shape index (κ3) is 1.54. The van der Waals surface area contributed by atoms with Crippen molar-refractivity contribution in [1.82, 2.24) is 0 Å². The Kier molecular flexibility index (Phi) is 1.37. The highest BCUT2D eigenvalue weighted by molar-refractivity contribution is 7.88. The molecule has 0 amide bonds. The molecule has 0 radical (unpaired) electrons. The van der Waals surface area contributed by atoms with Crippen molar-refractivity contribution in [1.29, 1.82) is 0 Å². The number of benzene rings is 1. The van der Waals surface area contributed by atoms with E-state index in [1.165, 1.54) is 6.08 Å². The van der Waals surface area contributed by atoms with Gasteiger partial charge in [-0.3, -0.25) is 4.55 Å². The topological polar surface area (TPSA) is 54.4 Å². The van der Waals surface area contributed by atoms with Gasteiger partial charge in [0.05, 0.1) is 5.41 Å². The van der Waals surface area contributed by atoms with Gasteiger partial charge >= 0.3 is 0 Å². The predicted molar refractivity (Wildman–Crippen MR) is 46.0 cm³/mol. The van der Waals surface area contributed by atoms with Gasteiger partial charge in [0.2, 0.25) is 0 Å². The first-order chi connectivity index (χ1) is 5.54. The summed E-state index contributed by atoms with van der Waals surface area (Å²) in [4.78, 5) is 0. The summed E-state index contributed by atoms with van der Waals surface area (Å²) in [5.74, 6) is 0. The van der Waals surface area contributed by atoms with Crippen LogP contribution in [0.5, 0.6) is 0 Å². The van der Waals surface area contributed by atoms with Crippen molar-refractivity contribution in [2.45, 2.75) is 0 Å². The van der Waals surface area contributed by atoms with Gasteiger partial charge in [0, 0.05) is 0 Å². The van der Waals surface area contributed by atoms with Gasteiger partial charge in [-0.25, -0.2) is 0 Å². The van der Waals surface area contributed by atoms with Crippen molar-refractivity contribution >= 4 is 16.2 Å². The molecule has 0 atom stereocenters. The van der Waals surface area contributed by atoms with Crippen LogP contribution in [-0.4, -0.2) is 13.0 Å². The van der Waals surface area contributed by atoms with E-state index in [0.29, 0.717) is 0 Å². The van der Waals surface area contributed by atoms with Gasteiger partial charge in [0.25, 0.3) is 10.1 Å². The third-order valence-corrected chi connectivity index (χ3v) is 2.12. The van der Waals surface area contributed by atoms with E-state index >= 15 is 0 Å². The summed E-state index contributed by atoms with van der Waals surface area (Å²) < 4.78 is 29.0. The van der Waals surface area contributed by atoms with Crippen LogP contribution in [0.15, 0.2) is 23.6 Å². The lowest BCUT2D eigenvalue weighted by atomic mass is 10.3. The number of fused-ring (bicyclic) bond motifs is 1. The predicted octanol–water partition coefficient (Wildman–Crippen LogP) is 1.53. The van der Waals surface area contributed by atoms with Crippen molar-refractivity contribution in [3.63, 3.8) is 0 Å². The zero-order valence-electron chi connectivity index (χ0n) is 6.06. The highest BCUT2D eigenvalue weighted by Gasteiger charge is 2.12. The zero-order chi connectivity index (χ0) is 8.77. The Hall–Kier alpha value is -1.13. The molecule has 0 spiro atoms. The van der Waals surface area contributed by atoms with E-state index in [1.807, 2.05) is 18.2 Å². The average molecular weight is 182 g/mol. The molecule has 2 rings (SSSR count). The minimum Gasteiger partial charge on any atom is -0.282 e. The smallest absolute Gasteiger partial charge is 0.282 e. The highest BCUT2D eigenvalue weighted by Crippen LogP contribution is 2.36. The van der Waals surface area contributed by atoms with E-state index in [9.17, 15) is 8.42 Å². The van der Waals surface area contributed by atoms with Crippen LogP contribution in [0.2, 0.25) is 0 Å². The summed E-state index contributed by atoms with van der Waals surface area (Å²) in [6, 6.07) is 5.71. The van der Waals surface area contributed by atoms with E-state index in [0.717, 1.165) is 22.1 Å². The summed E-state index contributed by atoms with van der Waals surface area (Å²) in [6.45, 7) is 0. The van der Waals surface area contributed by atoms with Crippen LogP contribution in [0, 0.1) is 0 Å². The molecule has 0 saturated carbocycles. The van der Waals surface area contributed by atoms with Crippen LogP contribution < -0.4 is 0 Å². The first-order valence-electron chi connectivity index (χ1n) is 3.36. The van der Waals surface area contributed by atoms with Gasteiger partial charge < -0.3 is 0 Å². The number of rotatable bonds is 2. The van der Waals surface area contributed by atoms with Crippen LogP contribution in [-0.2, 0) is 10.1 Å². The minimum absolute atomic E-state index is 0.779. The largest absolute Gasteiger partial charge is 0.287 e. The van der Waals surface area contributed by atoms with Gasteiger partial charge in [-0.05, 0) is 41.0 Å².